The summed E-state index contributed by atoms with van der Waals surface area (Å²) in [6, 6.07) is 14.6. The van der Waals surface area contributed by atoms with E-state index in [1.165, 1.54) is 10.6 Å². The van der Waals surface area contributed by atoms with Crippen LogP contribution in [-0.2, 0) is 21.6 Å². The number of nitrogens with one attached hydrogen (secondary N) is 1. The molecule has 2 aromatic rings. The fourth-order valence-electron chi connectivity index (χ4n) is 5.35. The molecule has 32 heavy (non-hydrogen) atoms. The standard InChI is InChI=1S/C24H28N4O4/c1-24-11-12-26(2)22(24)27(3)20-10-9-17(13-18(20)24)32-23(30)25-19-15-31-28(21(19)29)14-16-7-5-4-6-8-16/h4-10,13,19,22H,11-12,14-15H2,1-3H3,(H,25,30)/t19-,22-,24+/m1/s1. The van der Waals surface area contributed by atoms with Gasteiger partial charge in [0.05, 0.1) is 12.7 Å². The van der Waals surface area contributed by atoms with Crippen molar-refractivity contribution in [1.82, 2.24) is 15.3 Å². The van der Waals surface area contributed by atoms with Gasteiger partial charge in [-0.15, -0.1) is 0 Å². The molecule has 0 spiro atoms. The Bertz CT molecular complexity index is 1050. The van der Waals surface area contributed by atoms with Crippen molar-refractivity contribution in [2.24, 2.45) is 0 Å². The van der Waals surface area contributed by atoms with E-state index in [1.807, 2.05) is 42.5 Å². The lowest BCUT2D eigenvalue weighted by atomic mass is 9.81. The van der Waals surface area contributed by atoms with Crippen LogP contribution in [0.5, 0.6) is 5.75 Å². The Labute approximate surface area is 187 Å². The van der Waals surface area contributed by atoms with Gasteiger partial charge in [0, 0.05) is 24.7 Å². The molecular weight excluding hydrogens is 408 g/mol. The van der Waals surface area contributed by atoms with Crippen LogP contribution in [0.25, 0.3) is 0 Å². The molecule has 2 aromatic carbocycles. The average Bonchev–Trinajstić information content (AvgIpc) is 3.35. The molecule has 3 atom stereocenters. The molecule has 0 saturated carbocycles. The number of likely N-dealkylation sites (tertiary alicyclic amines) is 1. The van der Waals surface area contributed by atoms with Gasteiger partial charge in [-0.1, -0.05) is 37.3 Å². The van der Waals surface area contributed by atoms with Crippen LogP contribution in [0.4, 0.5) is 10.5 Å². The molecule has 0 unspecified atom stereocenters. The highest BCUT2D eigenvalue weighted by atomic mass is 16.7. The minimum atomic E-state index is -0.767. The average molecular weight is 437 g/mol. The molecular formula is C24H28N4O4. The fourth-order valence-corrected chi connectivity index (χ4v) is 5.35. The Balaban J connectivity index is 1.23. The number of nitrogens with zero attached hydrogens (tertiary/aromatic N) is 3. The van der Waals surface area contributed by atoms with E-state index in [0.717, 1.165) is 24.2 Å². The number of hydrogen-bond acceptors (Lipinski definition) is 6. The Morgan fingerprint density at radius 2 is 2.00 bits per heavy atom. The van der Waals surface area contributed by atoms with Crippen LogP contribution < -0.4 is 15.0 Å². The van der Waals surface area contributed by atoms with Crippen molar-refractivity contribution in [3.05, 3.63) is 59.7 Å². The summed E-state index contributed by atoms with van der Waals surface area (Å²) in [6.45, 7) is 3.71. The van der Waals surface area contributed by atoms with Crippen molar-refractivity contribution in [2.45, 2.75) is 37.5 Å². The summed E-state index contributed by atoms with van der Waals surface area (Å²) in [5.41, 5.74) is 3.29. The lowest BCUT2D eigenvalue weighted by molar-refractivity contribution is -0.164. The third-order valence-electron chi connectivity index (χ3n) is 6.91. The van der Waals surface area contributed by atoms with E-state index in [9.17, 15) is 9.59 Å². The number of anilines is 1. The van der Waals surface area contributed by atoms with Crippen molar-refractivity contribution in [3.8, 4) is 5.75 Å². The number of benzene rings is 2. The zero-order valence-electron chi connectivity index (χ0n) is 18.6. The summed E-state index contributed by atoms with van der Waals surface area (Å²) in [5.74, 6) is 0.185. The molecule has 2 amide bonds. The Kier molecular flexibility index (Phi) is 5.06. The van der Waals surface area contributed by atoms with Crippen molar-refractivity contribution >= 4 is 17.7 Å². The van der Waals surface area contributed by atoms with E-state index in [0.29, 0.717) is 18.5 Å². The van der Waals surface area contributed by atoms with Crippen LogP contribution in [0.15, 0.2) is 48.5 Å². The van der Waals surface area contributed by atoms with Crippen molar-refractivity contribution in [3.63, 3.8) is 0 Å². The van der Waals surface area contributed by atoms with Crippen LogP contribution in [0, 0.1) is 0 Å². The molecule has 8 heteroatoms. The maximum Gasteiger partial charge on any atom is 0.413 e. The fraction of sp³-hybridized carbons (Fsp3) is 0.417. The van der Waals surface area contributed by atoms with Gasteiger partial charge in [-0.2, -0.15) is 0 Å². The molecule has 0 bridgehead atoms. The summed E-state index contributed by atoms with van der Waals surface area (Å²) < 4.78 is 5.55. The molecule has 1 N–H and O–H groups in total. The first-order chi connectivity index (χ1) is 15.4. The molecule has 168 valence electrons. The van der Waals surface area contributed by atoms with E-state index in [-0.39, 0.29) is 17.9 Å². The second-order valence-electron chi connectivity index (χ2n) is 9.05. The van der Waals surface area contributed by atoms with Crippen molar-refractivity contribution in [1.29, 1.82) is 0 Å². The molecule has 0 aliphatic carbocycles. The molecule has 3 aliphatic heterocycles. The number of amides is 2. The van der Waals surface area contributed by atoms with E-state index in [4.69, 9.17) is 9.57 Å². The molecule has 0 radical (unpaired) electrons. The van der Waals surface area contributed by atoms with Crippen molar-refractivity contribution < 1.29 is 19.2 Å². The molecule has 3 heterocycles. The SMILES string of the molecule is CN1CC[C@@]2(C)c3cc(OC(=O)N[C@@H]4CON(Cc5ccccc5)C4=O)ccc3N(C)[C@@H]12. The predicted octanol–water partition coefficient (Wildman–Crippen LogP) is 2.49. The number of rotatable bonds is 4. The smallest absolute Gasteiger partial charge is 0.410 e. The zero-order chi connectivity index (χ0) is 22.5. The molecule has 2 saturated heterocycles. The van der Waals surface area contributed by atoms with Gasteiger partial charge in [0.2, 0.25) is 0 Å². The largest absolute Gasteiger partial charge is 0.413 e. The maximum atomic E-state index is 12.6. The van der Waals surface area contributed by atoms with Gasteiger partial charge in [0.15, 0.2) is 0 Å². The molecule has 2 fully saturated rings. The summed E-state index contributed by atoms with van der Waals surface area (Å²) in [5, 5.41) is 3.92. The molecule has 8 nitrogen and oxygen atoms in total. The van der Waals surface area contributed by atoms with Gasteiger partial charge in [0.25, 0.3) is 5.91 Å². The number of carbonyl (C=O) groups excluding carboxylic acids is 2. The highest BCUT2D eigenvalue weighted by Crippen LogP contribution is 2.51. The van der Waals surface area contributed by atoms with E-state index >= 15 is 0 Å². The Morgan fingerprint density at radius 1 is 1.22 bits per heavy atom. The third-order valence-corrected chi connectivity index (χ3v) is 6.91. The number of hydrogen-bond donors (Lipinski definition) is 1. The van der Waals surface area contributed by atoms with Crippen LogP contribution in [0.1, 0.15) is 24.5 Å². The minimum Gasteiger partial charge on any atom is -0.410 e. The first kappa shape index (κ1) is 20.8. The maximum absolute atomic E-state index is 12.6. The van der Waals surface area contributed by atoms with Gasteiger partial charge in [-0.05, 0) is 42.8 Å². The number of fused-ring (bicyclic) bond motifs is 3. The summed E-state index contributed by atoms with van der Waals surface area (Å²) in [7, 11) is 4.25. The van der Waals surface area contributed by atoms with Crippen LogP contribution >= 0.6 is 0 Å². The van der Waals surface area contributed by atoms with Crippen LogP contribution in [-0.4, -0.2) is 61.4 Å². The third kappa shape index (κ3) is 3.40. The Morgan fingerprint density at radius 3 is 2.78 bits per heavy atom. The molecule has 5 rings (SSSR count). The molecule has 3 aliphatic rings. The Hall–Kier alpha value is -3.10. The lowest BCUT2D eigenvalue weighted by Gasteiger charge is -2.32. The summed E-state index contributed by atoms with van der Waals surface area (Å²) in [4.78, 5) is 35.3. The van der Waals surface area contributed by atoms with Gasteiger partial charge in [0.1, 0.15) is 18.4 Å². The number of carbonyl (C=O) groups is 2. The predicted molar refractivity (Wildman–Crippen MR) is 119 cm³/mol. The van der Waals surface area contributed by atoms with E-state index in [1.54, 1.807) is 6.07 Å². The quantitative estimate of drug-likeness (QED) is 0.794. The summed E-state index contributed by atoms with van der Waals surface area (Å²) in [6.07, 6.45) is 0.683. The van der Waals surface area contributed by atoms with Gasteiger partial charge >= 0.3 is 6.09 Å². The van der Waals surface area contributed by atoms with Gasteiger partial charge < -0.3 is 15.0 Å². The van der Waals surface area contributed by atoms with E-state index in [2.05, 4.69) is 36.1 Å². The molecule has 0 aromatic heterocycles. The topological polar surface area (TPSA) is 74.3 Å². The first-order valence-electron chi connectivity index (χ1n) is 10.9. The summed E-state index contributed by atoms with van der Waals surface area (Å²) >= 11 is 0. The van der Waals surface area contributed by atoms with Crippen LogP contribution in [0.2, 0.25) is 0 Å². The highest BCUT2D eigenvalue weighted by molar-refractivity contribution is 5.86. The second kappa shape index (κ2) is 7.79. The van der Waals surface area contributed by atoms with Gasteiger partial charge in [-0.3, -0.25) is 14.5 Å². The second-order valence-corrected chi connectivity index (χ2v) is 9.05. The number of likely N-dealkylation sites (N-methyl/N-ethyl adjacent to an activating group) is 2. The van der Waals surface area contributed by atoms with Crippen molar-refractivity contribution in [2.75, 3.05) is 32.1 Å². The normalized spacial score (nSPS) is 26.9. The van der Waals surface area contributed by atoms with E-state index < -0.39 is 12.1 Å². The lowest BCUT2D eigenvalue weighted by Crippen LogP contribution is -2.45. The van der Waals surface area contributed by atoms with Crippen LogP contribution in [0.3, 0.4) is 0 Å². The minimum absolute atomic E-state index is 0.0120. The monoisotopic (exact) mass is 436 g/mol. The first-order valence-corrected chi connectivity index (χ1v) is 10.9. The number of hydroxylamine groups is 2. The van der Waals surface area contributed by atoms with Gasteiger partial charge in [-0.25, -0.2) is 9.86 Å². The zero-order valence-corrected chi connectivity index (χ0v) is 18.6. The highest BCUT2D eigenvalue weighted by Gasteiger charge is 2.52. The number of ether oxygens (including phenoxy) is 1.